The summed E-state index contributed by atoms with van der Waals surface area (Å²) in [5, 5.41) is 0. The second-order valence-corrected chi connectivity index (χ2v) is 7.70. The van der Waals surface area contributed by atoms with E-state index in [1.54, 1.807) is 6.07 Å². The van der Waals surface area contributed by atoms with E-state index in [2.05, 4.69) is 34.1 Å². The molecule has 0 bridgehead atoms. The Morgan fingerprint density at radius 3 is 2.59 bits per heavy atom. The van der Waals surface area contributed by atoms with Gasteiger partial charge in [-0.05, 0) is 29.8 Å². The Hall–Kier alpha value is -3.28. The first-order valence-corrected chi connectivity index (χ1v) is 9.75. The van der Waals surface area contributed by atoms with Crippen molar-refractivity contribution in [3.8, 4) is 17.2 Å². The number of hydrogen-bond donors (Lipinski definition) is 0. The lowest BCUT2D eigenvalue weighted by atomic mass is 9.77. The molecule has 0 unspecified atom stereocenters. The molecule has 1 aromatic heterocycles. The van der Waals surface area contributed by atoms with Crippen LogP contribution in [0.15, 0.2) is 54.7 Å². The molecule has 6 heteroatoms. The van der Waals surface area contributed by atoms with E-state index < -0.39 is 0 Å². The minimum absolute atomic E-state index is 0.276. The summed E-state index contributed by atoms with van der Waals surface area (Å²) in [5.41, 5.74) is 4.08. The summed E-state index contributed by atoms with van der Waals surface area (Å²) < 4.78 is 31.0. The summed E-state index contributed by atoms with van der Waals surface area (Å²) in [5.74, 6) is 2.05. The maximum Gasteiger partial charge on any atom is 0.165 e. The minimum atomic E-state index is -0.322. The fraction of sp³-hybridized carbons (Fsp3) is 0.261. The summed E-state index contributed by atoms with van der Waals surface area (Å²) in [6, 6.07) is 15.6. The molecular formula is C23H19FN2O3. The van der Waals surface area contributed by atoms with Crippen LogP contribution in [-0.2, 0) is 12.0 Å². The van der Waals surface area contributed by atoms with Gasteiger partial charge in [0.1, 0.15) is 31.4 Å². The molecule has 4 heterocycles. The van der Waals surface area contributed by atoms with Crippen molar-refractivity contribution in [3.63, 3.8) is 0 Å². The van der Waals surface area contributed by atoms with Gasteiger partial charge in [0.05, 0.1) is 23.9 Å². The number of hydrogen-bond acceptors (Lipinski definition) is 5. The number of benzene rings is 2. The molecule has 3 aliphatic rings. The number of rotatable bonds is 2. The van der Waals surface area contributed by atoms with Crippen LogP contribution in [0.5, 0.6) is 17.2 Å². The van der Waals surface area contributed by atoms with Crippen LogP contribution in [0.1, 0.15) is 16.8 Å². The Kier molecular flexibility index (Phi) is 3.51. The first kappa shape index (κ1) is 16.7. The van der Waals surface area contributed by atoms with Gasteiger partial charge in [-0.2, -0.15) is 0 Å². The SMILES string of the molecule is Fc1ccc(CN2C[C@]3(COc4cc5c(cc43)OCCO5)c3ccccc32)nc1. The number of para-hydroxylation sites is 1. The standard InChI is InChI=1S/C23H19FN2O3/c24-15-5-6-16(25-11-15)12-26-13-23(17-3-1-2-4-19(17)26)14-29-20-10-22-21(9-18(20)23)27-7-8-28-22/h1-6,9-11H,7-8,12-14H2/t23-/m0/s1. The van der Waals surface area contributed by atoms with E-state index in [1.807, 2.05) is 12.1 Å². The van der Waals surface area contributed by atoms with Crippen LogP contribution in [0.3, 0.4) is 0 Å². The monoisotopic (exact) mass is 390 g/mol. The molecule has 0 fully saturated rings. The van der Waals surface area contributed by atoms with Crippen LogP contribution < -0.4 is 19.1 Å². The zero-order chi connectivity index (χ0) is 19.4. The van der Waals surface area contributed by atoms with Crippen molar-refractivity contribution in [2.75, 3.05) is 31.3 Å². The quantitative estimate of drug-likeness (QED) is 0.668. The molecule has 3 aromatic rings. The fourth-order valence-corrected chi connectivity index (χ4v) is 4.68. The maximum absolute atomic E-state index is 13.3. The van der Waals surface area contributed by atoms with Crippen LogP contribution in [0.25, 0.3) is 0 Å². The van der Waals surface area contributed by atoms with Gasteiger partial charge in [0, 0.05) is 23.9 Å². The zero-order valence-corrected chi connectivity index (χ0v) is 15.7. The van der Waals surface area contributed by atoms with Gasteiger partial charge in [-0.3, -0.25) is 4.98 Å². The molecule has 146 valence electrons. The normalized spacial score (nSPS) is 21.1. The lowest BCUT2D eigenvalue weighted by Gasteiger charge is -2.26. The van der Waals surface area contributed by atoms with Crippen molar-refractivity contribution >= 4 is 5.69 Å². The second kappa shape index (κ2) is 6.11. The van der Waals surface area contributed by atoms with E-state index >= 15 is 0 Å². The Bertz CT molecular complexity index is 1100. The van der Waals surface area contributed by atoms with Crippen LogP contribution in [0.4, 0.5) is 10.1 Å². The topological polar surface area (TPSA) is 43.8 Å². The molecule has 6 rings (SSSR count). The summed E-state index contributed by atoms with van der Waals surface area (Å²) in [6.07, 6.45) is 1.27. The Morgan fingerprint density at radius 1 is 0.931 bits per heavy atom. The van der Waals surface area contributed by atoms with Crippen molar-refractivity contribution in [2.24, 2.45) is 0 Å². The third kappa shape index (κ3) is 2.48. The lowest BCUT2D eigenvalue weighted by molar-refractivity contribution is 0.171. The van der Waals surface area contributed by atoms with Gasteiger partial charge in [0.15, 0.2) is 11.5 Å². The smallest absolute Gasteiger partial charge is 0.165 e. The van der Waals surface area contributed by atoms with Crippen molar-refractivity contribution < 1.29 is 18.6 Å². The Labute approximate surface area is 167 Å². The van der Waals surface area contributed by atoms with Gasteiger partial charge >= 0.3 is 0 Å². The Balaban J connectivity index is 1.43. The first-order chi connectivity index (χ1) is 14.2. The second-order valence-electron chi connectivity index (χ2n) is 7.70. The molecule has 2 aromatic carbocycles. The van der Waals surface area contributed by atoms with Crippen LogP contribution in [-0.4, -0.2) is 31.3 Å². The van der Waals surface area contributed by atoms with Gasteiger partial charge in [-0.1, -0.05) is 18.2 Å². The van der Waals surface area contributed by atoms with Crippen LogP contribution >= 0.6 is 0 Å². The van der Waals surface area contributed by atoms with E-state index in [0.29, 0.717) is 26.4 Å². The third-order valence-corrected chi connectivity index (χ3v) is 6.00. The zero-order valence-electron chi connectivity index (χ0n) is 15.7. The number of halogens is 1. The number of fused-ring (bicyclic) bond motifs is 5. The largest absolute Gasteiger partial charge is 0.492 e. The molecule has 29 heavy (non-hydrogen) atoms. The summed E-state index contributed by atoms with van der Waals surface area (Å²) in [6.45, 7) is 3.05. The summed E-state index contributed by atoms with van der Waals surface area (Å²) in [4.78, 5) is 6.54. The highest BCUT2D eigenvalue weighted by Crippen LogP contribution is 2.54. The fourth-order valence-electron chi connectivity index (χ4n) is 4.68. The number of pyridine rings is 1. The van der Waals surface area contributed by atoms with E-state index in [0.717, 1.165) is 40.7 Å². The molecule has 5 nitrogen and oxygen atoms in total. The molecule has 1 atom stereocenters. The van der Waals surface area contributed by atoms with Gasteiger partial charge < -0.3 is 19.1 Å². The molecule has 1 spiro atoms. The highest BCUT2D eigenvalue weighted by atomic mass is 19.1. The molecule has 0 N–H and O–H groups in total. The molecular weight excluding hydrogens is 371 g/mol. The van der Waals surface area contributed by atoms with Gasteiger partial charge in [0.2, 0.25) is 0 Å². The predicted octanol–water partition coefficient (Wildman–Crippen LogP) is 3.69. The van der Waals surface area contributed by atoms with Crippen molar-refractivity contribution in [3.05, 3.63) is 77.4 Å². The third-order valence-electron chi connectivity index (χ3n) is 6.00. The van der Waals surface area contributed by atoms with Gasteiger partial charge in [0.25, 0.3) is 0 Å². The molecule has 0 saturated carbocycles. The van der Waals surface area contributed by atoms with Crippen molar-refractivity contribution in [1.29, 1.82) is 0 Å². The van der Waals surface area contributed by atoms with E-state index in [1.165, 1.54) is 17.8 Å². The van der Waals surface area contributed by atoms with E-state index in [4.69, 9.17) is 14.2 Å². The summed E-state index contributed by atoms with van der Waals surface area (Å²) in [7, 11) is 0. The number of aromatic nitrogens is 1. The maximum atomic E-state index is 13.3. The summed E-state index contributed by atoms with van der Waals surface area (Å²) >= 11 is 0. The molecule has 0 amide bonds. The average molecular weight is 390 g/mol. The first-order valence-electron chi connectivity index (χ1n) is 9.75. The molecule has 0 saturated heterocycles. The van der Waals surface area contributed by atoms with E-state index in [-0.39, 0.29) is 11.2 Å². The molecule has 0 aliphatic carbocycles. The number of anilines is 1. The minimum Gasteiger partial charge on any atom is -0.492 e. The van der Waals surface area contributed by atoms with Gasteiger partial charge in [-0.25, -0.2) is 4.39 Å². The lowest BCUT2D eigenvalue weighted by Crippen LogP contribution is -2.36. The highest BCUT2D eigenvalue weighted by molar-refractivity contribution is 5.70. The predicted molar refractivity (Wildman–Crippen MR) is 105 cm³/mol. The highest BCUT2D eigenvalue weighted by Gasteiger charge is 2.50. The molecule has 0 radical (unpaired) electrons. The van der Waals surface area contributed by atoms with E-state index in [9.17, 15) is 4.39 Å². The average Bonchev–Trinajstić information content (AvgIpc) is 3.27. The van der Waals surface area contributed by atoms with Crippen LogP contribution in [0.2, 0.25) is 0 Å². The number of nitrogens with zero attached hydrogens (tertiary/aromatic N) is 2. The van der Waals surface area contributed by atoms with Crippen LogP contribution in [0, 0.1) is 5.82 Å². The van der Waals surface area contributed by atoms with Gasteiger partial charge in [-0.15, -0.1) is 0 Å². The van der Waals surface area contributed by atoms with Crippen molar-refractivity contribution in [1.82, 2.24) is 4.98 Å². The van der Waals surface area contributed by atoms with Crippen molar-refractivity contribution in [2.45, 2.75) is 12.0 Å². The molecule has 3 aliphatic heterocycles. The Morgan fingerprint density at radius 2 is 1.76 bits per heavy atom. The number of ether oxygens (including phenoxy) is 3.